The van der Waals surface area contributed by atoms with E-state index in [1.807, 2.05) is 7.05 Å². The van der Waals surface area contributed by atoms with Crippen LogP contribution in [0.3, 0.4) is 0 Å². The molecule has 0 amide bonds. The van der Waals surface area contributed by atoms with Crippen LogP contribution in [-0.2, 0) is 0 Å². The van der Waals surface area contributed by atoms with Crippen molar-refractivity contribution in [1.29, 1.82) is 0 Å². The van der Waals surface area contributed by atoms with Gasteiger partial charge in [-0.1, -0.05) is 6.92 Å². The lowest BCUT2D eigenvalue weighted by atomic mass is 10.2. The van der Waals surface area contributed by atoms with Crippen molar-refractivity contribution in [2.45, 2.75) is 52.1 Å². The van der Waals surface area contributed by atoms with Crippen molar-refractivity contribution in [2.75, 3.05) is 27.2 Å². The molecule has 4 heteroatoms. The molecule has 1 saturated carbocycles. The van der Waals surface area contributed by atoms with E-state index in [1.54, 1.807) is 0 Å². The van der Waals surface area contributed by atoms with Gasteiger partial charge < -0.3 is 15.5 Å². The third kappa shape index (κ3) is 5.71. The molecule has 1 fully saturated rings. The van der Waals surface area contributed by atoms with Gasteiger partial charge in [-0.25, -0.2) is 0 Å². The second kappa shape index (κ2) is 7.62. The molecule has 1 aliphatic carbocycles. The summed E-state index contributed by atoms with van der Waals surface area (Å²) in [7, 11) is 4.03. The summed E-state index contributed by atoms with van der Waals surface area (Å²) in [4.78, 5) is 6.64. The van der Waals surface area contributed by atoms with Crippen molar-refractivity contribution in [3.8, 4) is 0 Å². The van der Waals surface area contributed by atoms with E-state index in [9.17, 15) is 0 Å². The fourth-order valence-electron chi connectivity index (χ4n) is 1.84. The molecule has 18 heavy (non-hydrogen) atoms. The van der Waals surface area contributed by atoms with Crippen LogP contribution in [0.25, 0.3) is 0 Å². The van der Waals surface area contributed by atoms with E-state index >= 15 is 0 Å². The number of unbranched alkanes of at least 4 members (excludes halogenated alkanes) is 1. The normalized spacial score (nSPS) is 23.6. The zero-order chi connectivity index (χ0) is 13.5. The second-order valence-electron chi connectivity index (χ2n) is 5.74. The minimum absolute atomic E-state index is 0.642. The first-order valence-electron chi connectivity index (χ1n) is 7.22. The Labute approximate surface area is 112 Å². The molecule has 2 unspecified atom stereocenters. The van der Waals surface area contributed by atoms with Crippen LogP contribution in [0.15, 0.2) is 4.99 Å². The zero-order valence-corrected chi connectivity index (χ0v) is 12.7. The number of aliphatic imine (C=N–C) groups is 1. The van der Waals surface area contributed by atoms with Gasteiger partial charge in [0.15, 0.2) is 5.96 Å². The molecular formula is C14H30N4. The standard InChI is InChI=1S/C14H30N4/c1-11(2)18(5)9-7-6-8-16-14(15-4)17-13-10-12(13)3/h11-13H,6-10H2,1-5H3,(H2,15,16,17). The van der Waals surface area contributed by atoms with Crippen LogP contribution in [0.5, 0.6) is 0 Å². The van der Waals surface area contributed by atoms with Gasteiger partial charge in [-0.15, -0.1) is 0 Å². The van der Waals surface area contributed by atoms with Crippen LogP contribution in [0.2, 0.25) is 0 Å². The largest absolute Gasteiger partial charge is 0.356 e. The van der Waals surface area contributed by atoms with E-state index in [1.165, 1.54) is 25.8 Å². The summed E-state index contributed by atoms with van der Waals surface area (Å²) in [6.07, 6.45) is 3.70. The Kier molecular flexibility index (Phi) is 6.47. The van der Waals surface area contributed by atoms with Gasteiger partial charge >= 0.3 is 0 Å². The highest BCUT2D eigenvalue weighted by Gasteiger charge is 2.32. The van der Waals surface area contributed by atoms with Crippen LogP contribution < -0.4 is 10.6 Å². The van der Waals surface area contributed by atoms with Gasteiger partial charge in [0, 0.05) is 25.7 Å². The average Bonchev–Trinajstić information content (AvgIpc) is 3.02. The predicted molar refractivity (Wildman–Crippen MR) is 79.1 cm³/mol. The van der Waals surface area contributed by atoms with E-state index < -0.39 is 0 Å². The third-order valence-corrected chi connectivity index (χ3v) is 3.77. The number of hydrogen-bond donors (Lipinski definition) is 2. The van der Waals surface area contributed by atoms with E-state index in [0.717, 1.165) is 18.4 Å². The Balaban J connectivity index is 2.02. The van der Waals surface area contributed by atoms with Crippen molar-refractivity contribution in [3.63, 3.8) is 0 Å². The minimum atomic E-state index is 0.642. The lowest BCUT2D eigenvalue weighted by molar-refractivity contribution is 0.268. The number of nitrogens with one attached hydrogen (secondary N) is 2. The Morgan fingerprint density at radius 3 is 2.56 bits per heavy atom. The van der Waals surface area contributed by atoms with Gasteiger partial charge in [-0.2, -0.15) is 0 Å². The van der Waals surface area contributed by atoms with Crippen LogP contribution in [-0.4, -0.2) is 50.1 Å². The molecule has 0 aromatic rings. The SMILES string of the molecule is CN=C(NCCCCN(C)C(C)C)NC1CC1C. The Bertz CT molecular complexity index is 263. The van der Waals surface area contributed by atoms with Crippen LogP contribution in [0.4, 0.5) is 0 Å². The second-order valence-corrected chi connectivity index (χ2v) is 5.74. The first-order valence-corrected chi connectivity index (χ1v) is 7.22. The van der Waals surface area contributed by atoms with Crippen LogP contribution in [0, 0.1) is 5.92 Å². The molecule has 106 valence electrons. The van der Waals surface area contributed by atoms with E-state index in [2.05, 4.69) is 48.3 Å². The number of nitrogens with zero attached hydrogens (tertiary/aromatic N) is 2. The topological polar surface area (TPSA) is 39.7 Å². The zero-order valence-electron chi connectivity index (χ0n) is 12.7. The molecule has 2 N–H and O–H groups in total. The number of rotatable bonds is 7. The molecule has 0 aromatic heterocycles. The maximum atomic E-state index is 4.25. The van der Waals surface area contributed by atoms with Gasteiger partial charge in [-0.3, -0.25) is 4.99 Å². The van der Waals surface area contributed by atoms with Crippen LogP contribution in [0.1, 0.15) is 40.0 Å². The lowest BCUT2D eigenvalue weighted by Gasteiger charge is -2.20. The highest BCUT2D eigenvalue weighted by molar-refractivity contribution is 5.80. The Morgan fingerprint density at radius 1 is 1.39 bits per heavy atom. The molecule has 4 nitrogen and oxygen atoms in total. The van der Waals surface area contributed by atoms with E-state index in [4.69, 9.17) is 0 Å². The molecule has 0 aliphatic heterocycles. The van der Waals surface area contributed by atoms with Gasteiger partial charge in [0.1, 0.15) is 0 Å². The highest BCUT2D eigenvalue weighted by atomic mass is 15.2. The first kappa shape index (κ1) is 15.3. The Morgan fingerprint density at radius 2 is 2.06 bits per heavy atom. The summed E-state index contributed by atoms with van der Waals surface area (Å²) in [6.45, 7) is 8.92. The summed E-state index contributed by atoms with van der Waals surface area (Å²) in [5, 5.41) is 6.82. The molecule has 0 saturated heterocycles. The number of guanidine groups is 1. The summed E-state index contributed by atoms with van der Waals surface area (Å²) in [6, 6.07) is 1.28. The van der Waals surface area contributed by atoms with Crippen molar-refractivity contribution in [3.05, 3.63) is 0 Å². The van der Waals surface area contributed by atoms with Gasteiger partial charge in [-0.05, 0) is 52.6 Å². The summed E-state index contributed by atoms with van der Waals surface area (Å²) < 4.78 is 0. The smallest absolute Gasteiger partial charge is 0.191 e. The van der Waals surface area contributed by atoms with E-state index in [-0.39, 0.29) is 0 Å². The molecule has 0 bridgehead atoms. The maximum absolute atomic E-state index is 4.25. The Hall–Kier alpha value is -0.770. The molecule has 0 radical (unpaired) electrons. The molecule has 1 aliphatic rings. The van der Waals surface area contributed by atoms with Crippen molar-refractivity contribution >= 4 is 5.96 Å². The lowest BCUT2D eigenvalue weighted by Crippen LogP contribution is -2.39. The predicted octanol–water partition coefficient (Wildman–Crippen LogP) is 1.68. The molecule has 0 heterocycles. The van der Waals surface area contributed by atoms with Crippen LogP contribution >= 0.6 is 0 Å². The molecule has 2 atom stereocenters. The molecule has 1 rings (SSSR count). The van der Waals surface area contributed by atoms with Gasteiger partial charge in [0.25, 0.3) is 0 Å². The van der Waals surface area contributed by atoms with Gasteiger partial charge in [0.05, 0.1) is 0 Å². The summed E-state index contributed by atoms with van der Waals surface area (Å²) in [5.41, 5.74) is 0. The van der Waals surface area contributed by atoms with E-state index in [0.29, 0.717) is 12.1 Å². The molecule has 0 spiro atoms. The summed E-state index contributed by atoms with van der Waals surface area (Å²) >= 11 is 0. The first-order chi connectivity index (χ1) is 8.54. The average molecular weight is 254 g/mol. The van der Waals surface area contributed by atoms with Gasteiger partial charge in [0.2, 0.25) is 0 Å². The van der Waals surface area contributed by atoms with Crippen molar-refractivity contribution in [2.24, 2.45) is 10.9 Å². The van der Waals surface area contributed by atoms with Crippen molar-refractivity contribution < 1.29 is 0 Å². The van der Waals surface area contributed by atoms with Crippen molar-refractivity contribution in [1.82, 2.24) is 15.5 Å². The molecule has 0 aromatic carbocycles. The monoisotopic (exact) mass is 254 g/mol. The minimum Gasteiger partial charge on any atom is -0.356 e. The quantitative estimate of drug-likeness (QED) is 0.412. The fourth-order valence-corrected chi connectivity index (χ4v) is 1.84. The third-order valence-electron chi connectivity index (χ3n) is 3.77. The maximum Gasteiger partial charge on any atom is 0.191 e. The fraction of sp³-hybridized carbons (Fsp3) is 0.929. The summed E-state index contributed by atoms with van der Waals surface area (Å²) in [5.74, 6) is 1.77. The number of hydrogen-bond acceptors (Lipinski definition) is 2. The highest BCUT2D eigenvalue weighted by Crippen LogP contribution is 2.28. The molecular weight excluding hydrogens is 224 g/mol.